The molecule has 0 saturated heterocycles. The van der Waals surface area contributed by atoms with Gasteiger partial charge < -0.3 is 4.42 Å². The van der Waals surface area contributed by atoms with Crippen LogP contribution in [0.15, 0.2) is 27.4 Å². The molecule has 0 bridgehead atoms. The monoisotopic (exact) mass is 323 g/mol. The van der Waals surface area contributed by atoms with Crippen molar-refractivity contribution in [1.29, 1.82) is 0 Å². The standard InChI is InChI=1S/C15H18BrNO2/c1-15(2)7-3-4-10(15)13(16)9-5-6-11-12(8-9)19-14(18)17-11/h5-6,8,10,13H,3-4,7H2,1-2H3,(H,17,18). The van der Waals surface area contributed by atoms with E-state index in [9.17, 15) is 4.79 Å². The number of H-pyrrole nitrogens is 1. The van der Waals surface area contributed by atoms with E-state index >= 15 is 0 Å². The van der Waals surface area contributed by atoms with E-state index in [2.05, 4.69) is 40.8 Å². The molecule has 1 saturated carbocycles. The molecule has 2 atom stereocenters. The van der Waals surface area contributed by atoms with E-state index in [0.29, 0.717) is 21.7 Å². The molecule has 0 radical (unpaired) electrons. The average Bonchev–Trinajstić information content (AvgIpc) is 2.88. The lowest BCUT2D eigenvalue weighted by atomic mass is 9.78. The van der Waals surface area contributed by atoms with Gasteiger partial charge in [-0.25, -0.2) is 4.79 Å². The van der Waals surface area contributed by atoms with Gasteiger partial charge in [0.15, 0.2) is 5.58 Å². The van der Waals surface area contributed by atoms with Crippen molar-refractivity contribution in [2.75, 3.05) is 0 Å². The lowest BCUT2D eigenvalue weighted by Gasteiger charge is -2.31. The van der Waals surface area contributed by atoms with E-state index < -0.39 is 0 Å². The number of hydrogen-bond acceptors (Lipinski definition) is 2. The molecule has 0 amide bonds. The van der Waals surface area contributed by atoms with Gasteiger partial charge >= 0.3 is 5.76 Å². The minimum atomic E-state index is -0.389. The van der Waals surface area contributed by atoms with Crippen LogP contribution in [0.3, 0.4) is 0 Å². The van der Waals surface area contributed by atoms with Gasteiger partial charge in [0.25, 0.3) is 0 Å². The number of oxazole rings is 1. The number of hydrogen-bond donors (Lipinski definition) is 1. The lowest BCUT2D eigenvalue weighted by Crippen LogP contribution is -2.21. The Bertz CT molecular complexity index is 655. The Hall–Kier alpha value is -1.03. The maximum atomic E-state index is 11.2. The number of aromatic nitrogens is 1. The van der Waals surface area contributed by atoms with E-state index in [1.54, 1.807) is 0 Å². The first-order chi connectivity index (χ1) is 8.97. The van der Waals surface area contributed by atoms with Crippen LogP contribution < -0.4 is 5.76 Å². The molecular formula is C15H18BrNO2. The van der Waals surface area contributed by atoms with Crippen molar-refractivity contribution in [2.45, 2.75) is 37.9 Å². The van der Waals surface area contributed by atoms with Crippen LogP contribution in [0.1, 0.15) is 43.5 Å². The number of nitrogens with one attached hydrogen (secondary N) is 1. The summed E-state index contributed by atoms with van der Waals surface area (Å²) in [5.74, 6) is 0.232. The van der Waals surface area contributed by atoms with Crippen molar-refractivity contribution >= 4 is 27.0 Å². The summed E-state index contributed by atoms with van der Waals surface area (Å²) in [5.41, 5.74) is 2.96. The highest BCUT2D eigenvalue weighted by molar-refractivity contribution is 9.09. The largest absolute Gasteiger partial charge is 0.417 e. The van der Waals surface area contributed by atoms with Crippen molar-refractivity contribution in [2.24, 2.45) is 11.3 Å². The van der Waals surface area contributed by atoms with Crippen LogP contribution in [-0.2, 0) is 0 Å². The second kappa shape index (κ2) is 4.51. The van der Waals surface area contributed by atoms with Crippen LogP contribution in [0.2, 0.25) is 0 Å². The first kappa shape index (κ1) is 13.0. The highest BCUT2D eigenvalue weighted by Crippen LogP contribution is 2.51. The molecule has 1 heterocycles. The van der Waals surface area contributed by atoms with Gasteiger partial charge in [-0.2, -0.15) is 0 Å². The zero-order valence-corrected chi connectivity index (χ0v) is 12.8. The summed E-state index contributed by atoms with van der Waals surface area (Å²) in [6.45, 7) is 4.68. The van der Waals surface area contributed by atoms with Crippen molar-refractivity contribution in [3.63, 3.8) is 0 Å². The third kappa shape index (κ3) is 2.27. The molecule has 0 aliphatic heterocycles. The van der Waals surface area contributed by atoms with Gasteiger partial charge in [0.05, 0.1) is 5.52 Å². The molecule has 4 heteroatoms. The Kier molecular flexibility index (Phi) is 3.08. The second-order valence-corrected chi connectivity index (χ2v) is 7.15. The van der Waals surface area contributed by atoms with Crippen LogP contribution in [0.25, 0.3) is 11.1 Å². The molecule has 3 rings (SSSR count). The fourth-order valence-corrected chi connectivity index (χ4v) is 4.53. The molecule has 19 heavy (non-hydrogen) atoms. The zero-order valence-electron chi connectivity index (χ0n) is 11.2. The first-order valence-electron chi connectivity index (χ1n) is 6.74. The van der Waals surface area contributed by atoms with Gasteiger partial charge in [-0.1, -0.05) is 42.3 Å². The Balaban J connectivity index is 1.97. The van der Waals surface area contributed by atoms with Crippen LogP contribution in [0.5, 0.6) is 0 Å². The van der Waals surface area contributed by atoms with E-state index in [0.717, 1.165) is 5.52 Å². The quantitative estimate of drug-likeness (QED) is 0.833. The molecule has 1 aromatic carbocycles. The second-order valence-electron chi connectivity index (χ2n) is 6.16. The Morgan fingerprint density at radius 1 is 1.47 bits per heavy atom. The van der Waals surface area contributed by atoms with Crippen molar-refractivity contribution in [1.82, 2.24) is 4.98 Å². The number of fused-ring (bicyclic) bond motifs is 1. The topological polar surface area (TPSA) is 46.0 Å². The summed E-state index contributed by atoms with van der Waals surface area (Å²) in [6.07, 6.45) is 3.82. The van der Waals surface area contributed by atoms with Crippen LogP contribution in [-0.4, -0.2) is 4.98 Å². The van der Waals surface area contributed by atoms with Crippen LogP contribution in [0, 0.1) is 11.3 Å². The van der Waals surface area contributed by atoms with Gasteiger partial charge in [0, 0.05) is 4.83 Å². The molecular weight excluding hydrogens is 306 g/mol. The Morgan fingerprint density at radius 2 is 2.26 bits per heavy atom. The molecule has 1 aliphatic rings. The summed E-state index contributed by atoms with van der Waals surface area (Å²) in [6, 6.07) is 5.97. The molecule has 1 aliphatic carbocycles. The molecule has 102 valence electrons. The van der Waals surface area contributed by atoms with E-state index in [1.165, 1.54) is 24.8 Å². The summed E-state index contributed by atoms with van der Waals surface area (Å²) in [5, 5.41) is 0. The van der Waals surface area contributed by atoms with E-state index in [-0.39, 0.29) is 5.76 Å². The fraction of sp³-hybridized carbons (Fsp3) is 0.533. The number of alkyl halides is 1. The van der Waals surface area contributed by atoms with Crippen LogP contribution >= 0.6 is 15.9 Å². The van der Waals surface area contributed by atoms with Crippen molar-refractivity contribution in [3.05, 3.63) is 34.3 Å². The summed E-state index contributed by atoms with van der Waals surface area (Å²) < 4.78 is 5.14. The number of benzene rings is 1. The lowest BCUT2D eigenvalue weighted by molar-refractivity contribution is 0.257. The van der Waals surface area contributed by atoms with Gasteiger partial charge in [-0.15, -0.1) is 0 Å². The Labute approximate surface area is 120 Å². The van der Waals surface area contributed by atoms with Crippen molar-refractivity contribution in [3.8, 4) is 0 Å². The predicted molar refractivity (Wildman–Crippen MR) is 79.6 cm³/mol. The fourth-order valence-electron chi connectivity index (χ4n) is 3.26. The SMILES string of the molecule is CC1(C)CCCC1C(Br)c1ccc2[nH]c(=O)oc2c1. The highest BCUT2D eigenvalue weighted by atomic mass is 79.9. The van der Waals surface area contributed by atoms with Gasteiger partial charge in [-0.05, 0) is 41.9 Å². The van der Waals surface area contributed by atoms with E-state index in [4.69, 9.17) is 4.42 Å². The van der Waals surface area contributed by atoms with Gasteiger partial charge in [-0.3, -0.25) is 4.98 Å². The van der Waals surface area contributed by atoms with Crippen molar-refractivity contribution < 1.29 is 4.42 Å². The first-order valence-corrected chi connectivity index (χ1v) is 7.66. The van der Waals surface area contributed by atoms with E-state index in [1.807, 2.05) is 12.1 Å². The molecule has 2 unspecified atom stereocenters. The number of halogens is 1. The number of rotatable bonds is 2. The maximum absolute atomic E-state index is 11.2. The third-order valence-corrected chi connectivity index (χ3v) is 5.62. The zero-order chi connectivity index (χ0) is 13.6. The average molecular weight is 324 g/mol. The molecule has 1 fully saturated rings. The predicted octanol–water partition coefficient (Wildman–Crippen LogP) is 4.38. The van der Waals surface area contributed by atoms with Gasteiger partial charge in [0.1, 0.15) is 0 Å². The smallest absolute Gasteiger partial charge is 0.408 e. The third-order valence-electron chi connectivity index (χ3n) is 4.46. The molecule has 0 spiro atoms. The normalized spacial score (nSPS) is 23.8. The summed E-state index contributed by atoms with van der Waals surface area (Å²) in [7, 11) is 0. The minimum Gasteiger partial charge on any atom is -0.408 e. The highest BCUT2D eigenvalue weighted by Gasteiger charge is 2.39. The van der Waals surface area contributed by atoms with Crippen LogP contribution in [0.4, 0.5) is 0 Å². The minimum absolute atomic E-state index is 0.314. The summed E-state index contributed by atoms with van der Waals surface area (Å²) >= 11 is 3.85. The molecule has 2 aromatic rings. The molecule has 1 aromatic heterocycles. The van der Waals surface area contributed by atoms with Gasteiger partial charge in [0.2, 0.25) is 0 Å². The number of aromatic amines is 1. The molecule has 3 nitrogen and oxygen atoms in total. The maximum Gasteiger partial charge on any atom is 0.417 e. The Morgan fingerprint density at radius 3 is 2.95 bits per heavy atom. The summed E-state index contributed by atoms with van der Waals surface area (Å²) in [4.78, 5) is 14.2. The molecule has 1 N–H and O–H groups in total.